The van der Waals surface area contributed by atoms with Crippen molar-refractivity contribution in [1.82, 2.24) is 15.5 Å². The lowest BCUT2D eigenvalue weighted by Gasteiger charge is -2.15. The minimum Gasteiger partial charge on any atom is -0.411 e. The van der Waals surface area contributed by atoms with Gasteiger partial charge in [0.2, 0.25) is 11.8 Å². The van der Waals surface area contributed by atoms with Gasteiger partial charge < -0.3 is 9.73 Å². The van der Waals surface area contributed by atoms with Crippen LogP contribution in [0.15, 0.2) is 58.2 Å². The Hall–Kier alpha value is -2.02. The van der Waals surface area contributed by atoms with Gasteiger partial charge in [-0.2, -0.15) is 0 Å². The molecule has 3 rings (SSSR count). The maximum Gasteiger partial charge on any atom is 0.277 e. The first-order valence-electron chi connectivity index (χ1n) is 7.79. The van der Waals surface area contributed by atoms with Gasteiger partial charge in [-0.15, -0.1) is 10.2 Å². The number of aromatic nitrogens is 2. The van der Waals surface area contributed by atoms with Gasteiger partial charge in [0.25, 0.3) is 5.22 Å². The van der Waals surface area contributed by atoms with Gasteiger partial charge in [-0.1, -0.05) is 59.2 Å². The largest absolute Gasteiger partial charge is 0.411 e. The molecule has 3 aromatic rings. The van der Waals surface area contributed by atoms with E-state index in [2.05, 4.69) is 15.5 Å². The third-order valence-corrected chi connectivity index (χ3v) is 4.95. The quantitative estimate of drug-likeness (QED) is 0.581. The van der Waals surface area contributed by atoms with E-state index in [1.165, 1.54) is 11.8 Å². The Morgan fingerprint density at radius 2 is 2.00 bits per heavy atom. The van der Waals surface area contributed by atoms with E-state index >= 15 is 0 Å². The number of nitrogens with zero attached hydrogens (tertiary/aromatic N) is 2. The van der Waals surface area contributed by atoms with Crippen molar-refractivity contribution in [3.8, 4) is 11.5 Å². The molecule has 0 fully saturated rings. The molecule has 5 nitrogen and oxygen atoms in total. The molecule has 1 aromatic heterocycles. The normalized spacial score (nSPS) is 12.0. The molecule has 0 bridgehead atoms. The Morgan fingerprint density at radius 3 is 2.77 bits per heavy atom. The van der Waals surface area contributed by atoms with Crippen molar-refractivity contribution in [2.75, 3.05) is 5.75 Å². The highest BCUT2D eigenvalue weighted by atomic mass is 35.5. The van der Waals surface area contributed by atoms with Gasteiger partial charge in [0.05, 0.1) is 11.8 Å². The van der Waals surface area contributed by atoms with E-state index in [4.69, 9.17) is 27.6 Å². The lowest BCUT2D eigenvalue weighted by atomic mass is 10.1. The second kappa shape index (κ2) is 8.58. The maximum absolute atomic E-state index is 12.2. The fourth-order valence-electron chi connectivity index (χ4n) is 2.32. The van der Waals surface area contributed by atoms with Gasteiger partial charge in [-0.3, -0.25) is 4.79 Å². The highest BCUT2D eigenvalue weighted by molar-refractivity contribution is 7.99. The van der Waals surface area contributed by atoms with Crippen molar-refractivity contribution in [3.05, 3.63) is 64.1 Å². The van der Waals surface area contributed by atoms with Crippen molar-refractivity contribution >= 4 is 40.9 Å². The molecule has 1 N–H and O–H groups in total. The zero-order valence-electron chi connectivity index (χ0n) is 13.8. The summed E-state index contributed by atoms with van der Waals surface area (Å²) >= 11 is 13.3. The first-order chi connectivity index (χ1) is 12.5. The zero-order chi connectivity index (χ0) is 18.5. The number of carbonyl (C=O) groups excluding carboxylic acids is 1. The molecule has 0 spiro atoms. The Balaban J connectivity index is 1.56. The van der Waals surface area contributed by atoms with E-state index in [1.54, 1.807) is 24.3 Å². The predicted molar refractivity (Wildman–Crippen MR) is 103 cm³/mol. The van der Waals surface area contributed by atoms with Crippen molar-refractivity contribution in [1.29, 1.82) is 0 Å². The minimum absolute atomic E-state index is 0.148. The Bertz CT molecular complexity index is 917. The monoisotopic (exact) mass is 407 g/mol. The Morgan fingerprint density at radius 1 is 1.19 bits per heavy atom. The number of thioether (sulfide) groups is 1. The number of hydrogen-bond donors (Lipinski definition) is 1. The van der Waals surface area contributed by atoms with Crippen LogP contribution in [0.2, 0.25) is 10.0 Å². The standard InChI is InChI=1S/C18H15Cl2N3O2S/c1-11(14-7-2-3-8-15(14)20)21-16(24)10-26-18-23-22-17(25-18)12-5-4-6-13(19)9-12/h2-9,11H,10H2,1H3,(H,21,24)/t11-/m0/s1. The average molecular weight is 408 g/mol. The van der Waals surface area contributed by atoms with Crippen LogP contribution in [0.4, 0.5) is 0 Å². The molecule has 1 amide bonds. The molecular formula is C18H15Cl2N3O2S. The maximum atomic E-state index is 12.2. The molecule has 134 valence electrons. The number of carbonyl (C=O) groups is 1. The van der Waals surface area contributed by atoms with E-state index in [0.717, 1.165) is 11.1 Å². The Kier molecular flexibility index (Phi) is 6.19. The van der Waals surface area contributed by atoms with Crippen LogP contribution in [0.3, 0.4) is 0 Å². The molecule has 0 saturated heterocycles. The predicted octanol–water partition coefficient (Wildman–Crippen LogP) is 5.01. The van der Waals surface area contributed by atoms with Crippen LogP contribution in [0.25, 0.3) is 11.5 Å². The summed E-state index contributed by atoms with van der Waals surface area (Å²) in [5.74, 6) is 0.371. The van der Waals surface area contributed by atoms with E-state index in [-0.39, 0.29) is 17.7 Å². The van der Waals surface area contributed by atoms with Gasteiger partial charge >= 0.3 is 0 Å². The third kappa shape index (κ3) is 4.78. The molecule has 8 heteroatoms. The van der Waals surface area contributed by atoms with Crippen molar-refractivity contribution in [2.24, 2.45) is 0 Å². The second-order valence-corrected chi connectivity index (χ2v) is 7.25. The number of rotatable bonds is 6. The van der Waals surface area contributed by atoms with E-state index in [9.17, 15) is 4.79 Å². The first-order valence-corrected chi connectivity index (χ1v) is 9.53. The van der Waals surface area contributed by atoms with Crippen LogP contribution in [-0.4, -0.2) is 21.9 Å². The van der Waals surface area contributed by atoms with Crippen LogP contribution in [0.1, 0.15) is 18.5 Å². The van der Waals surface area contributed by atoms with Gasteiger partial charge in [0.15, 0.2) is 0 Å². The first kappa shape index (κ1) is 18.8. The van der Waals surface area contributed by atoms with Gasteiger partial charge in [-0.05, 0) is 36.8 Å². The lowest BCUT2D eigenvalue weighted by Crippen LogP contribution is -2.28. The fraction of sp³-hybridized carbons (Fsp3) is 0.167. The molecule has 1 heterocycles. The number of amides is 1. The summed E-state index contributed by atoms with van der Waals surface area (Å²) in [5, 5.41) is 12.4. The molecule has 1 atom stereocenters. The van der Waals surface area contributed by atoms with Gasteiger partial charge in [0, 0.05) is 15.6 Å². The summed E-state index contributed by atoms with van der Waals surface area (Å²) < 4.78 is 5.56. The van der Waals surface area contributed by atoms with E-state index in [0.29, 0.717) is 21.2 Å². The van der Waals surface area contributed by atoms with E-state index in [1.807, 2.05) is 31.2 Å². The van der Waals surface area contributed by atoms with Crippen LogP contribution >= 0.6 is 35.0 Å². The van der Waals surface area contributed by atoms with Gasteiger partial charge in [0.1, 0.15) is 0 Å². The molecule has 26 heavy (non-hydrogen) atoms. The molecule has 0 saturated carbocycles. The molecule has 0 radical (unpaired) electrons. The molecule has 0 aliphatic rings. The summed E-state index contributed by atoms with van der Waals surface area (Å²) in [6.45, 7) is 1.88. The van der Waals surface area contributed by atoms with Crippen LogP contribution < -0.4 is 5.32 Å². The summed E-state index contributed by atoms with van der Waals surface area (Å²) in [6, 6.07) is 14.4. The fourth-order valence-corrected chi connectivity index (χ4v) is 3.38. The summed E-state index contributed by atoms with van der Waals surface area (Å²) in [5.41, 5.74) is 1.60. The number of hydrogen-bond acceptors (Lipinski definition) is 5. The summed E-state index contributed by atoms with van der Waals surface area (Å²) in [4.78, 5) is 12.2. The smallest absolute Gasteiger partial charge is 0.277 e. The zero-order valence-corrected chi connectivity index (χ0v) is 16.1. The van der Waals surface area contributed by atoms with Crippen molar-refractivity contribution in [3.63, 3.8) is 0 Å². The van der Waals surface area contributed by atoms with Crippen molar-refractivity contribution < 1.29 is 9.21 Å². The molecule has 0 aliphatic carbocycles. The molecule has 0 aliphatic heterocycles. The highest BCUT2D eigenvalue weighted by Gasteiger charge is 2.15. The number of benzene rings is 2. The minimum atomic E-state index is -0.193. The van der Waals surface area contributed by atoms with Crippen LogP contribution in [0.5, 0.6) is 0 Å². The lowest BCUT2D eigenvalue weighted by molar-refractivity contribution is -0.119. The molecule has 0 unspecified atom stereocenters. The van der Waals surface area contributed by atoms with Crippen LogP contribution in [0, 0.1) is 0 Å². The van der Waals surface area contributed by atoms with Crippen molar-refractivity contribution in [2.45, 2.75) is 18.2 Å². The third-order valence-electron chi connectivity index (χ3n) is 3.55. The van der Waals surface area contributed by atoms with Crippen LogP contribution in [-0.2, 0) is 4.79 Å². The second-order valence-electron chi connectivity index (χ2n) is 5.48. The van der Waals surface area contributed by atoms with Gasteiger partial charge in [-0.25, -0.2) is 0 Å². The summed E-state index contributed by atoms with van der Waals surface area (Å²) in [7, 11) is 0. The number of halogens is 2. The molecular weight excluding hydrogens is 393 g/mol. The number of nitrogens with one attached hydrogen (secondary N) is 1. The van der Waals surface area contributed by atoms with E-state index < -0.39 is 0 Å². The SMILES string of the molecule is C[C@H](NC(=O)CSc1nnc(-c2cccc(Cl)c2)o1)c1ccccc1Cl. The molecule has 2 aromatic carbocycles. The Labute approximate surface area is 165 Å². The average Bonchev–Trinajstić information content (AvgIpc) is 3.09. The topological polar surface area (TPSA) is 68.0 Å². The summed E-state index contributed by atoms with van der Waals surface area (Å²) in [6.07, 6.45) is 0. The highest BCUT2D eigenvalue weighted by Crippen LogP contribution is 2.26.